The molecular formula is C14H16N3O5. The largest absolute Gasteiger partial charge is 0.466 e. The van der Waals surface area contributed by atoms with Crippen molar-refractivity contribution in [2.75, 3.05) is 18.2 Å². The first-order valence-electron chi connectivity index (χ1n) is 6.51. The third kappa shape index (κ3) is 5.61. The highest BCUT2D eigenvalue weighted by atomic mass is 16.5. The Morgan fingerprint density at radius 3 is 2.50 bits per heavy atom. The van der Waals surface area contributed by atoms with Gasteiger partial charge in [-0.05, 0) is 19.1 Å². The van der Waals surface area contributed by atoms with E-state index in [1.807, 2.05) is 0 Å². The van der Waals surface area contributed by atoms with Gasteiger partial charge < -0.3 is 10.1 Å². The highest BCUT2D eigenvalue weighted by molar-refractivity contribution is 6.00. The van der Waals surface area contributed by atoms with Gasteiger partial charge in [0.15, 0.2) is 0 Å². The second kappa shape index (κ2) is 9.11. The molecule has 0 saturated carbocycles. The first-order chi connectivity index (χ1) is 10.6. The summed E-state index contributed by atoms with van der Waals surface area (Å²) < 4.78 is 4.66. The number of carbonyl (C=O) groups is 3. The number of hydrogen-bond acceptors (Lipinski definition) is 5. The maximum Gasteiger partial charge on any atom is 0.341 e. The van der Waals surface area contributed by atoms with Crippen LogP contribution in [-0.4, -0.2) is 37.3 Å². The molecule has 0 unspecified atom stereocenters. The summed E-state index contributed by atoms with van der Waals surface area (Å²) in [4.78, 5) is 45.2. The lowest BCUT2D eigenvalue weighted by molar-refractivity contribution is -0.145. The molecule has 0 aromatic heterocycles. The highest BCUT2D eigenvalue weighted by Crippen LogP contribution is 2.11. The number of esters is 1. The van der Waals surface area contributed by atoms with Gasteiger partial charge in [-0.25, -0.2) is 9.80 Å². The molecule has 0 heterocycles. The van der Waals surface area contributed by atoms with E-state index in [9.17, 15) is 19.2 Å². The minimum atomic E-state index is -0.730. The van der Waals surface area contributed by atoms with Gasteiger partial charge in [-0.15, -0.1) is 0 Å². The van der Waals surface area contributed by atoms with Gasteiger partial charge in [-0.1, -0.05) is 18.2 Å². The summed E-state index contributed by atoms with van der Waals surface area (Å²) in [5, 5.41) is 3.15. The Hall–Kier alpha value is -2.90. The molecular weight excluding hydrogens is 290 g/mol. The van der Waals surface area contributed by atoms with Crippen LogP contribution in [0.4, 0.5) is 10.5 Å². The molecule has 0 atom stereocenters. The zero-order valence-corrected chi connectivity index (χ0v) is 12.0. The molecule has 3 amide bonds. The van der Waals surface area contributed by atoms with Crippen LogP contribution < -0.4 is 15.8 Å². The summed E-state index contributed by atoms with van der Waals surface area (Å²) in [5.74, 6) is -1.41. The lowest BCUT2D eigenvalue weighted by Gasteiger charge is -2.23. The van der Waals surface area contributed by atoms with E-state index in [2.05, 4.69) is 15.5 Å². The number of ether oxygens (including phenoxy) is 1. The summed E-state index contributed by atoms with van der Waals surface area (Å²) in [6.45, 7) is 1.45. The van der Waals surface area contributed by atoms with E-state index in [0.29, 0.717) is 5.69 Å². The van der Waals surface area contributed by atoms with Crippen LogP contribution in [0.15, 0.2) is 30.3 Å². The smallest absolute Gasteiger partial charge is 0.341 e. The molecule has 0 aliphatic rings. The maximum atomic E-state index is 12.0. The van der Waals surface area contributed by atoms with Crippen molar-refractivity contribution in [1.82, 2.24) is 10.7 Å². The van der Waals surface area contributed by atoms with Crippen molar-refractivity contribution in [3.05, 3.63) is 30.3 Å². The number of nitrogens with one attached hydrogen (secondary N) is 2. The number of carbonyl (C=O) groups excluding carboxylic acids is 4. The maximum absolute atomic E-state index is 12.0. The Morgan fingerprint density at radius 2 is 1.91 bits per heavy atom. The number of amides is 3. The van der Waals surface area contributed by atoms with Crippen LogP contribution in [0.3, 0.4) is 0 Å². The molecule has 0 bridgehead atoms. The number of urea groups is 1. The van der Waals surface area contributed by atoms with Crippen molar-refractivity contribution < 1.29 is 23.9 Å². The Kier molecular flexibility index (Phi) is 7.10. The minimum absolute atomic E-state index is 0.157. The summed E-state index contributed by atoms with van der Waals surface area (Å²) in [6, 6.07) is 7.49. The molecule has 0 fully saturated rings. The molecule has 117 valence electrons. The van der Waals surface area contributed by atoms with Gasteiger partial charge in [-0.2, -0.15) is 0 Å². The first kappa shape index (κ1) is 17.2. The number of benzene rings is 1. The summed E-state index contributed by atoms with van der Waals surface area (Å²) in [5.41, 5.74) is 2.65. The molecule has 0 aliphatic carbocycles. The number of hydrogen-bond donors (Lipinski definition) is 2. The average molecular weight is 306 g/mol. The number of anilines is 1. The van der Waals surface area contributed by atoms with Crippen molar-refractivity contribution in [2.24, 2.45) is 0 Å². The molecule has 2 N–H and O–H groups in total. The van der Waals surface area contributed by atoms with Gasteiger partial charge in [0.1, 0.15) is 6.42 Å². The number of nitrogens with zero attached hydrogens (tertiary/aromatic N) is 1. The van der Waals surface area contributed by atoms with Crippen molar-refractivity contribution in [3.63, 3.8) is 0 Å². The van der Waals surface area contributed by atoms with Crippen LogP contribution in [0.5, 0.6) is 0 Å². The molecule has 0 aliphatic heterocycles. The molecule has 8 nitrogen and oxygen atoms in total. The summed E-state index contributed by atoms with van der Waals surface area (Å²) in [6.07, 6.45) is 0.988. The lowest BCUT2D eigenvalue weighted by Crippen LogP contribution is -2.51. The second-order valence-corrected chi connectivity index (χ2v) is 3.99. The van der Waals surface area contributed by atoms with Gasteiger partial charge in [0.2, 0.25) is 12.2 Å². The van der Waals surface area contributed by atoms with Crippen molar-refractivity contribution >= 4 is 29.9 Å². The fourth-order valence-corrected chi connectivity index (χ4v) is 1.51. The van der Waals surface area contributed by atoms with Gasteiger partial charge in [0.25, 0.3) is 0 Å². The quantitative estimate of drug-likeness (QED) is 0.447. The molecule has 0 saturated heterocycles. The Bertz CT molecular complexity index is 533. The molecule has 8 heteroatoms. The summed E-state index contributed by atoms with van der Waals surface area (Å²) in [7, 11) is 0. The monoisotopic (exact) mass is 306 g/mol. The Morgan fingerprint density at radius 1 is 1.23 bits per heavy atom. The van der Waals surface area contributed by atoms with E-state index >= 15 is 0 Å². The van der Waals surface area contributed by atoms with E-state index in [1.54, 1.807) is 37.3 Å². The Balaban J connectivity index is 2.78. The fraction of sp³-hybridized carbons (Fsp3) is 0.286. The molecule has 22 heavy (non-hydrogen) atoms. The van der Waals surface area contributed by atoms with Gasteiger partial charge in [0, 0.05) is 0 Å². The van der Waals surface area contributed by atoms with E-state index in [0.717, 1.165) is 5.01 Å². The van der Waals surface area contributed by atoms with Gasteiger partial charge >= 0.3 is 12.0 Å². The number of rotatable bonds is 6. The highest BCUT2D eigenvalue weighted by Gasteiger charge is 2.19. The topological polar surface area (TPSA) is 105 Å². The van der Waals surface area contributed by atoms with E-state index in [-0.39, 0.29) is 13.2 Å². The fourth-order valence-electron chi connectivity index (χ4n) is 1.51. The van der Waals surface area contributed by atoms with Crippen LogP contribution in [0, 0.1) is 0 Å². The Labute approximate surface area is 127 Å². The van der Waals surface area contributed by atoms with Crippen LogP contribution in [0.2, 0.25) is 0 Å². The van der Waals surface area contributed by atoms with Crippen molar-refractivity contribution in [1.29, 1.82) is 0 Å². The minimum Gasteiger partial charge on any atom is -0.466 e. The first-order valence-corrected chi connectivity index (χ1v) is 6.51. The summed E-state index contributed by atoms with van der Waals surface area (Å²) >= 11 is 0. The van der Waals surface area contributed by atoms with Crippen LogP contribution >= 0.6 is 0 Å². The zero-order valence-electron chi connectivity index (χ0n) is 12.0. The average Bonchev–Trinajstić information content (AvgIpc) is 2.51. The normalized spacial score (nSPS) is 9.50. The molecule has 1 radical (unpaired) electrons. The van der Waals surface area contributed by atoms with Crippen LogP contribution in [-0.2, 0) is 19.1 Å². The molecule has 1 aromatic rings. The second-order valence-electron chi connectivity index (χ2n) is 3.99. The van der Waals surface area contributed by atoms with E-state index < -0.39 is 24.3 Å². The SMILES string of the molecule is CCOC(=O)CC(=O)NN(C(=O)NC[C]=O)c1ccccc1. The molecule has 0 spiro atoms. The molecule has 1 rings (SSSR count). The number of hydrazine groups is 1. The third-order valence-corrected chi connectivity index (χ3v) is 2.38. The van der Waals surface area contributed by atoms with Gasteiger partial charge in [-0.3, -0.25) is 19.8 Å². The van der Waals surface area contributed by atoms with Crippen molar-refractivity contribution in [2.45, 2.75) is 13.3 Å². The predicted octanol–water partition coefficient (Wildman–Crippen LogP) is 0.297. The standard InChI is InChI=1S/C14H16N3O5/c1-2-22-13(20)10-12(19)16-17(14(21)15-8-9-18)11-6-4-3-5-7-11/h3-7H,2,8,10H2,1H3,(H,15,21)(H,16,19). The van der Waals surface area contributed by atoms with Crippen LogP contribution in [0.25, 0.3) is 0 Å². The van der Waals surface area contributed by atoms with Crippen molar-refractivity contribution in [3.8, 4) is 0 Å². The third-order valence-electron chi connectivity index (χ3n) is 2.38. The lowest BCUT2D eigenvalue weighted by atomic mass is 10.3. The van der Waals surface area contributed by atoms with Crippen LogP contribution in [0.1, 0.15) is 13.3 Å². The molecule has 1 aromatic carbocycles. The van der Waals surface area contributed by atoms with E-state index in [1.165, 1.54) is 6.29 Å². The van der Waals surface area contributed by atoms with E-state index in [4.69, 9.17) is 0 Å². The predicted molar refractivity (Wildman–Crippen MR) is 77.4 cm³/mol. The number of para-hydroxylation sites is 1. The zero-order chi connectivity index (χ0) is 16.4. The van der Waals surface area contributed by atoms with Gasteiger partial charge in [0.05, 0.1) is 18.8 Å².